The summed E-state index contributed by atoms with van der Waals surface area (Å²) < 4.78 is 13.6. The van der Waals surface area contributed by atoms with Crippen LogP contribution >= 0.6 is 35.0 Å². The average Bonchev–Trinajstić information content (AvgIpc) is 3.01. The summed E-state index contributed by atoms with van der Waals surface area (Å²) in [4.78, 5) is 30.5. The Bertz CT molecular complexity index is 1200. The van der Waals surface area contributed by atoms with Gasteiger partial charge in [0.25, 0.3) is 11.8 Å². The van der Waals surface area contributed by atoms with Crippen LogP contribution in [0.4, 0.5) is 15.8 Å². The summed E-state index contributed by atoms with van der Waals surface area (Å²) >= 11 is 13.0. The predicted molar refractivity (Wildman–Crippen MR) is 123 cm³/mol. The van der Waals surface area contributed by atoms with E-state index >= 15 is 0 Å². The molecule has 156 valence electrons. The van der Waals surface area contributed by atoms with Gasteiger partial charge in [-0.1, -0.05) is 53.2 Å². The summed E-state index contributed by atoms with van der Waals surface area (Å²) in [6.45, 7) is 0. The zero-order chi connectivity index (χ0) is 22.1. The van der Waals surface area contributed by atoms with E-state index in [4.69, 9.17) is 23.2 Å². The van der Waals surface area contributed by atoms with Crippen LogP contribution in [0.3, 0.4) is 0 Å². The number of nitrogens with zero attached hydrogens (tertiary/aromatic N) is 2. The average molecular weight is 473 g/mol. The van der Waals surface area contributed by atoms with Gasteiger partial charge in [0.1, 0.15) is 16.4 Å². The van der Waals surface area contributed by atoms with Gasteiger partial charge in [0.05, 0.1) is 10.7 Å². The number of hydrogen-bond donors (Lipinski definition) is 0. The highest BCUT2D eigenvalue weighted by atomic mass is 35.5. The van der Waals surface area contributed by atoms with Gasteiger partial charge in [-0.15, -0.1) is 0 Å². The second-order valence-electron chi connectivity index (χ2n) is 6.67. The molecule has 4 nitrogen and oxygen atoms in total. The molecule has 2 amide bonds. The fraction of sp³-hybridized carbons (Fsp3) is 0.0435. The fourth-order valence-electron chi connectivity index (χ4n) is 3.15. The van der Waals surface area contributed by atoms with Crippen LogP contribution < -0.4 is 9.80 Å². The van der Waals surface area contributed by atoms with Crippen molar-refractivity contribution in [1.29, 1.82) is 0 Å². The molecule has 31 heavy (non-hydrogen) atoms. The van der Waals surface area contributed by atoms with Crippen molar-refractivity contribution in [2.75, 3.05) is 16.8 Å². The molecular formula is C23H15Cl2FN2O2S. The summed E-state index contributed by atoms with van der Waals surface area (Å²) in [5.74, 6) is -1.66. The number of carbonyl (C=O) groups excluding carboxylic acids is 2. The van der Waals surface area contributed by atoms with Crippen molar-refractivity contribution in [1.82, 2.24) is 0 Å². The van der Waals surface area contributed by atoms with Gasteiger partial charge in [-0.05, 0) is 54.6 Å². The minimum Gasteiger partial charge on any atom is -0.339 e. The Morgan fingerprint density at radius 2 is 1.58 bits per heavy atom. The van der Waals surface area contributed by atoms with Crippen molar-refractivity contribution in [2.45, 2.75) is 4.90 Å². The number of hydrogen-bond acceptors (Lipinski definition) is 4. The van der Waals surface area contributed by atoms with Gasteiger partial charge in [-0.2, -0.15) is 0 Å². The Hall–Kier alpha value is -2.80. The molecule has 0 N–H and O–H groups in total. The minimum absolute atomic E-state index is 0.171. The molecule has 1 heterocycles. The van der Waals surface area contributed by atoms with E-state index in [1.807, 2.05) is 30.3 Å². The lowest BCUT2D eigenvalue weighted by molar-refractivity contribution is -0.120. The maximum Gasteiger partial charge on any atom is 0.283 e. The Morgan fingerprint density at radius 1 is 0.903 bits per heavy atom. The summed E-state index contributed by atoms with van der Waals surface area (Å²) in [7, 11) is 1.72. The van der Waals surface area contributed by atoms with Gasteiger partial charge in [0.2, 0.25) is 0 Å². The van der Waals surface area contributed by atoms with E-state index in [9.17, 15) is 14.0 Å². The van der Waals surface area contributed by atoms with Crippen LogP contribution in [0.1, 0.15) is 0 Å². The molecule has 0 saturated carbocycles. The van der Waals surface area contributed by atoms with E-state index in [1.165, 1.54) is 23.9 Å². The van der Waals surface area contributed by atoms with Crippen LogP contribution in [0, 0.1) is 5.82 Å². The van der Waals surface area contributed by atoms with Crippen LogP contribution in [-0.2, 0) is 9.59 Å². The van der Waals surface area contributed by atoms with Crippen molar-refractivity contribution in [3.05, 3.63) is 99.3 Å². The maximum atomic E-state index is 13.6. The Balaban J connectivity index is 1.80. The molecule has 0 radical (unpaired) electrons. The third-order valence-electron chi connectivity index (χ3n) is 4.69. The molecule has 0 atom stereocenters. The van der Waals surface area contributed by atoms with Gasteiger partial charge in [-0.25, -0.2) is 9.29 Å². The van der Waals surface area contributed by atoms with Crippen molar-refractivity contribution >= 4 is 58.2 Å². The summed E-state index contributed by atoms with van der Waals surface area (Å²) in [5, 5.41) is 0.395. The van der Waals surface area contributed by atoms with E-state index in [1.54, 1.807) is 36.2 Å². The summed E-state index contributed by atoms with van der Waals surface area (Å²) in [6, 6.07) is 20.0. The number of halogens is 3. The number of anilines is 2. The van der Waals surface area contributed by atoms with Crippen LogP contribution in [0.25, 0.3) is 0 Å². The van der Waals surface area contributed by atoms with Gasteiger partial charge < -0.3 is 4.90 Å². The third kappa shape index (κ3) is 4.19. The fourth-order valence-corrected chi connectivity index (χ4v) is 4.45. The molecule has 8 heteroatoms. The third-order valence-corrected chi connectivity index (χ3v) is 6.31. The number of rotatable bonds is 5. The molecule has 0 unspecified atom stereocenters. The predicted octanol–water partition coefficient (Wildman–Crippen LogP) is 6.15. The standard InChI is InChI=1S/C23H15Cl2FN2O2S/c1-27(15-5-3-2-4-6-15)20-21(31-17-10-7-14(24)8-11-17)23(30)28(22(20)29)16-9-12-19(26)18(25)13-16/h2-13H,1H3. The molecule has 1 aliphatic rings. The quantitative estimate of drug-likeness (QED) is 0.417. The second kappa shape index (κ2) is 8.75. The van der Waals surface area contributed by atoms with E-state index in [2.05, 4.69) is 0 Å². The molecule has 0 fully saturated rings. The Labute approximate surface area is 192 Å². The molecular weight excluding hydrogens is 458 g/mol. The minimum atomic E-state index is -0.630. The van der Waals surface area contributed by atoms with E-state index in [0.717, 1.165) is 21.5 Å². The van der Waals surface area contributed by atoms with Gasteiger partial charge in [-0.3, -0.25) is 9.59 Å². The monoisotopic (exact) mass is 472 g/mol. The van der Waals surface area contributed by atoms with Gasteiger partial charge in [0.15, 0.2) is 0 Å². The van der Waals surface area contributed by atoms with Crippen molar-refractivity contribution in [2.24, 2.45) is 0 Å². The van der Waals surface area contributed by atoms with Gasteiger partial charge in [0, 0.05) is 22.7 Å². The first-order valence-corrected chi connectivity index (χ1v) is 10.7. The van der Waals surface area contributed by atoms with Crippen LogP contribution in [0.15, 0.2) is 88.3 Å². The molecule has 4 rings (SSSR count). The number of benzene rings is 3. The molecule has 3 aromatic carbocycles. The van der Waals surface area contributed by atoms with Crippen molar-refractivity contribution in [3.8, 4) is 0 Å². The normalized spacial score (nSPS) is 13.9. The number of para-hydroxylation sites is 1. The number of amides is 2. The molecule has 1 aliphatic heterocycles. The molecule has 0 aromatic heterocycles. The zero-order valence-electron chi connectivity index (χ0n) is 16.2. The number of likely N-dealkylation sites (N-methyl/N-ethyl adjacent to an activating group) is 1. The first-order chi connectivity index (χ1) is 14.9. The first-order valence-electron chi connectivity index (χ1n) is 9.17. The van der Waals surface area contributed by atoms with E-state index in [0.29, 0.717) is 5.02 Å². The summed E-state index contributed by atoms with van der Waals surface area (Å²) in [5.41, 5.74) is 1.16. The van der Waals surface area contributed by atoms with Crippen LogP contribution in [-0.4, -0.2) is 18.9 Å². The van der Waals surface area contributed by atoms with Gasteiger partial charge >= 0.3 is 0 Å². The van der Waals surface area contributed by atoms with Crippen LogP contribution in [0.2, 0.25) is 10.0 Å². The molecule has 0 bridgehead atoms. The largest absolute Gasteiger partial charge is 0.339 e. The highest BCUT2D eigenvalue weighted by Crippen LogP contribution is 2.40. The molecule has 0 aliphatic carbocycles. The van der Waals surface area contributed by atoms with Crippen LogP contribution in [0.5, 0.6) is 0 Å². The van der Waals surface area contributed by atoms with E-state index < -0.39 is 17.6 Å². The smallest absolute Gasteiger partial charge is 0.283 e. The summed E-state index contributed by atoms with van der Waals surface area (Å²) in [6.07, 6.45) is 0. The molecule has 0 saturated heterocycles. The van der Waals surface area contributed by atoms with Crippen molar-refractivity contribution in [3.63, 3.8) is 0 Å². The highest BCUT2D eigenvalue weighted by Gasteiger charge is 2.42. The van der Waals surface area contributed by atoms with Crippen molar-refractivity contribution < 1.29 is 14.0 Å². The number of thioether (sulfide) groups is 1. The SMILES string of the molecule is CN(C1=C(Sc2ccc(Cl)cc2)C(=O)N(c2ccc(F)c(Cl)c2)C1=O)c1ccccc1. The highest BCUT2D eigenvalue weighted by molar-refractivity contribution is 8.04. The second-order valence-corrected chi connectivity index (χ2v) is 8.60. The Morgan fingerprint density at radius 3 is 2.23 bits per heavy atom. The van der Waals surface area contributed by atoms with E-state index in [-0.39, 0.29) is 21.3 Å². The molecule has 0 spiro atoms. The molecule has 3 aromatic rings. The number of imide groups is 1. The Kier molecular flexibility index (Phi) is 6.05. The lowest BCUT2D eigenvalue weighted by Gasteiger charge is -2.21. The zero-order valence-corrected chi connectivity index (χ0v) is 18.5. The maximum absolute atomic E-state index is 13.6. The lowest BCUT2D eigenvalue weighted by atomic mass is 10.2. The first kappa shape index (κ1) is 21.4. The number of carbonyl (C=O) groups is 2. The lowest BCUT2D eigenvalue weighted by Crippen LogP contribution is -2.34. The topological polar surface area (TPSA) is 40.6 Å².